The predicted octanol–water partition coefficient (Wildman–Crippen LogP) is 3.25. The maximum atomic E-state index is 13.2. The number of rotatable bonds is 15. The van der Waals surface area contributed by atoms with E-state index < -0.39 is 70.5 Å². The quantitative estimate of drug-likeness (QED) is 0.0731. The molecule has 1 aliphatic heterocycles. The number of H-pyrrole nitrogens is 1. The van der Waals surface area contributed by atoms with E-state index in [2.05, 4.69) is 23.1 Å². The number of phosphoric ester groups is 1. The van der Waals surface area contributed by atoms with Gasteiger partial charge in [-0.1, -0.05) is 20.8 Å². The molecule has 3 heterocycles. The SMILES string of the molecule is COc1cc(C(OCc2cn([C@H]3CC(O)[C@@H](COP(=O)(O)OP(=O)(O)OP(=O)(O)O)O3)c3nc(C)[nH]c(=O)c23)C(C)(C)C)c([N+](=O)[O-])cc1OC. The summed E-state index contributed by atoms with van der Waals surface area (Å²) in [5.41, 5.74) is -1.02. The second-order valence-electron chi connectivity index (χ2n) is 12.3. The summed E-state index contributed by atoms with van der Waals surface area (Å²) < 4.78 is 70.9. The van der Waals surface area contributed by atoms with Crippen LogP contribution in [0.15, 0.2) is 23.1 Å². The maximum Gasteiger partial charge on any atom is 0.490 e. The number of aromatic nitrogens is 3. The Morgan fingerprint density at radius 3 is 2.29 bits per heavy atom. The lowest BCUT2D eigenvalue weighted by Crippen LogP contribution is -2.26. The fraction of sp³-hybridized carbons (Fsp3) is 0.538. The molecule has 6 N–H and O–H groups in total. The number of aromatic amines is 1. The molecule has 284 valence electrons. The Hall–Kier alpha value is -3.07. The number of aliphatic hydroxyl groups excluding tert-OH is 1. The van der Waals surface area contributed by atoms with Crippen molar-refractivity contribution in [3.05, 3.63) is 55.7 Å². The summed E-state index contributed by atoms with van der Waals surface area (Å²) in [6.07, 6.45) is -3.45. The lowest BCUT2D eigenvalue weighted by atomic mass is 9.83. The Labute approximate surface area is 288 Å². The van der Waals surface area contributed by atoms with Gasteiger partial charge in [0.05, 0.1) is 61.6 Å². The second kappa shape index (κ2) is 15.1. The topological polar surface area (TPSA) is 311 Å². The zero-order valence-electron chi connectivity index (χ0n) is 27.9. The normalized spacial score (nSPS) is 21.3. The summed E-state index contributed by atoms with van der Waals surface area (Å²) >= 11 is 0. The molecule has 1 saturated heterocycles. The molecular weight excluding hydrogens is 749 g/mol. The summed E-state index contributed by atoms with van der Waals surface area (Å²) in [5.74, 6) is 0.578. The number of nitro benzene ring substituents is 1. The molecule has 0 spiro atoms. The Morgan fingerprint density at radius 1 is 1.10 bits per heavy atom. The van der Waals surface area contributed by atoms with Crippen LogP contribution >= 0.6 is 23.5 Å². The number of nitrogens with one attached hydrogen (secondary N) is 1. The molecule has 1 fully saturated rings. The highest BCUT2D eigenvalue weighted by Gasteiger charge is 2.43. The van der Waals surface area contributed by atoms with Gasteiger partial charge in [-0.05, 0) is 18.4 Å². The first-order valence-electron chi connectivity index (χ1n) is 14.7. The second-order valence-corrected chi connectivity index (χ2v) is 16.7. The van der Waals surface area contributed by atoms with Crippen molar-refractivity contribution in [2.24, 2.45) is 5.41 Å². The van der Waals surface area contributed by atoms with Crippen molar-refractivity contribution in [2.75, 3.05) is 20.8 Å². The first kappa shape index (κ1) is 40.7. The van der Waals surface area contributed by atoms with Crippen LogP contribution in [-0.4, -0.2) is 77.2 Å². The zero-order valence-corrected chi connectivity index (χ0v) is 30.6. The van der Waals surface area contributed by atoms with Gasteiger partial charge in [0.15, 0.2) is 11.5 Å². The molecule has 1 aromatic carbocycles. The van der Waals surface area contributed by atoms with E-state index in [1.54, 1.807) is 20.8 Å². The molecule has 0 aliphatic carbocycles. The van der Waals surface area contributed by atoms with Gasteiger partial charge in [-0.25, -0.2) is 18.7 Å². The Balaban J connectivity index is 1.63. The van der Waals surface area contributed by atoms with Crippen molar-refractivity contribution in [3.63, 3.8) is 0 Å². The fourth-order valence-corrected chi connectivity index (χ4v) is 8.44. The van der Waals surface area contributed by atoms with Gasteiger partial charge in [-0.3, -0.25) is 19.4 Å². The number of nitro groups is 1. The molecule has 1 aliphatic rings. The van der Waals surface area contributed by atoms with Crippen LogP contribution in [0.1, 0.15) is 56.5 Å². The van der Waals surface area contributed by atoms with Gasteiger partial charge in [0, 0.05) is 18.2 Å². The molecule has 4 unspecified atom stereocenters. The van der Waals surface area contributed by atoms with Crippen molar-refractivity contribution in [3.8, 4) is 11.5 Å². The molecular formula is C26H37N4O18P3. The molecule has 2 aromatic heterocycles. The maximum absolute atomic E-state index is 13.2. The predicted molar refractivity (Wildman–Crippen MR) is 173 cm³/mol. The Bertz CT molecular complexity index is 1990. The molecule has 4 rings (SSSR count). The first-order chi connectivity index (χ1) is 23.4. The van der Waals surface area contributed by atoms with Gasteiger partial charge >= 0.3 is 23.5 Å². The zero-order chi connectivity index (χ0) is 38.3. The van der Waals surface area contributed by atoms with E-state index in [0.29, 0.717) is 0 Å². The van der Waals surface area contributed by atoms with Crippen LogP contribution in [0.3, 0.4) is 0 Å². The summed E-state index contributed by atoms with van der Waals surface area (Å²) in [7, 11) is -14.2. The highest BCUT2D eigenvalue weighted by molar-refractivity contribution is 7.66. The minimum absolute atomic E-state index is 0.0740. The van der Waals surface area contributed by atoms with Crippen LogP contribution in [-0.2, 0) is 42.9 Å². The number of fused-ring (bicyclic) bond motifs is 1. The van der Waals surface area contributed by atoms with Crippen molar-refractivity contribution in [1.29, 1.82) is 0 Å². The molecule has 22 nitrogen and oxygen atoms in total. The summed E-state index contributed by atoms with van der Waals surface area (Å²) in [6, 6.07) is 2.67. The van der Waals surface area contributed by atoms with Crippen LogP contribution in [0.4, 0.5) is 5.69 Å². The van der Waals surface area contributed by atoms with Gasteiger partial charge < -0.3 is 53.2 Å². The number of methoxy groups -OCH3 is 2. The van der Waals surface area contributed by atoms with Gasteiger partial charge in [0.25, 0.3) is 11.2 Å². The van der Waals surface area contributed by atoms with Crippen LogP contribution in [0.2, 0.25) is 0 Å². The van der Waals surface area contributed by atoms with Crippen molar-refractivity contribution in [1.82, 2.24) is 14.5 Å². The van der Waals surface area contributed by atoms with Gasteiger partial charge in [0.1, 0.15) is 23.8 Å². The summed E-state index contributed by atoms with van der Waals surface area (Å²) in [4.78, 5) is 68.4. The number of hydrogen-bond acceptors (Lipinski definition) is 15. The summed E-state index contributed by atoms with van der Waals surface area (Å²) in [5, 5.41) is 22.9. The number of benzene rings is 1. The lowest BCUT2D eigenvalue weighted by molar-refractivity contribution is -0.386. The smallest absolute Gasteiger partial charge is 0.490 e. The molecule has 51 heavy (non-hydrogen) atoms. The van der Waals surface area contributed by atoms with E-state index in [-0.39, 0.29) is 58.2 Å². The lowest BCUT2D eigenvalue weighted by Gasteiger charge is -2.31. The molecule has 0 amide bonds. The Kier molecular flexibility index (Phi) is 12.1. The monoisotopic (exact) mass is 786 g/mol. The largest absolute Gasteiger partial charge is 0.493 e. The van der Waals surface area contributed by atoms with Crippen molar-refractivity contribution >= 4 is 40.2 Å². The molecule has 0 saturated carbocycles. The Morgan fingerprint density at radius 2 is 1.73 bits per heavy atom. The molecule has 25 heteroatoms. The average Bonchev–Trinajstić information content (AvgIpc) is 3.52. The number of ether oxygens (including phenoxy) is 4. The molecule has 3 aromatic rings. The minimum Gasteiger partial charge on any atom is -0.493 e. The number of nitrogens with zero attached hydrogens (tertiary/aromatic N) is 3. The van der Waals surface area contributed by atoms with E-state index in [0.717, 1.165) is 0 Å². The molecule has 6 atom stereocenters. The van der Waals surface area contributed by atoms with E-state index in [1.807, 2.05) is 0 Å². The number of phosphoric acid groups is 3. The van der Waals surface area contributed by atoms with Gasteiger partial charge in [0.2, 0.25) is 0 Å². The van der Waals surface area contributed by atoms with Crippen LogP contribution < -0.4 is 15.0 Å². The third-order valence-corrected chi connectivity index (χ3v) is 11.2. The molecule has 0 radical (unpaired) electrons. The highest BCUT2D eigenvalue weighted by Crippen LogP contribution is 2.66. The number of aliphatic hydroxyl groups is 1. The van der Waals surface area contributed by atoms with Crippen molar-refractivity contribution in [2.45, 2.75) is 65.3 Å². The number of hydrogen-bond donors (Lipinski definition) is 6. The van der Waals surface area contributed by atoms with E-state index in [1.165, 1.54) is 44.0 Å². The first-order valence-corrected chi connectivity index (χ1v) is 19.2. The highest BCUT2D eigenvalue weighted by atomic mass is 31.3. The van der Waals surface area contributed by atoms with Crippen LogP contribution in [0.5, 0.6) is 11.5 Å². The van der Waals surface area contributed by atoms with Crippen LogP contribution in [0, 0.1) is 22.5 Å². The minimum atomic E-state index is -5.77. The van der Waals surface area contributed by atoms with Gasteiger partial charge in [-0.2, -0.15) is 8.62 Å². The van der Waals surface area contributed by atoms with Gasteiger partial charge in [-0.15, -0.1) is 0 Å². The third-order valence-electron chi connectivity index (χ3n) is 7.42. The van der Waals surface area contributed by atoms with E-state index in [9.17, 15) is 43.5 Å². The fourth-order valence-electron chi connectivity index (χ4n) is 5.41. The third kappa shape index (κ3) is 9.88. The van der Waals surface area contributed by atoms with E-state index in [4.69, 9.17) is 28.7 Å². The molecule has 0 bridgehead atoms. The van der Waals surface area contributed by atoms with Crippen LogP contribution in [0.25, 0.3) is 11.0 Å². The van der Waals surface area contributed by atoms with Crippen molar-refractivity contribution < 1.29 is 75.4 Å². The average molecular weight is 787 g/mol. The summed E-state index contributed by atoms with van der Waals surface area (Å²) in [6.45, 7) is 5.74. The standard InChI is InChI=1S/C26H37N4O18P3/c1-13-27-24-22(25(32)28-13)14(11-44-23(26(2,3)4)15-7-18(42-5)19(43-6)8-16(15)30(33)34)10-29(24)21-9-17(31)20(46-21)12-45-50(38,39)48-51(40,41)47-49(35,36)37/h7-8,10,17,20-21,23,31H,9,11-12H2,1-6H3,(H,38,39)(H,40,41)(H,27,28,32)(H2,35,36,37)/t17?,20-,21-,23?/m1/s1. The number of aryl methyl sites for hydroxylation is 1. The van der Waals surface area contributed by atoms with E-state index >= 15 is 0 Å².